The van der Waals surface area contributed by atoms with Crippen molar-refractivity contribution in [3.63, 3.8) is 0 Å². The number of aryl methyl sites for hydroxylation is 1. The molecule has 0 radical (unpaired) electrons. The van der Waals surface area contributed by atoms with Crippen LogP contribution in [0.1, 0.15) is 5.56 Å². The molecule has 1 aromatic carbocycles. The smallest absolute Gasteiger partial charge is 0.265 e. The fourth-order valence-corrected chi connectivity index (χ4v) is 3.46. The van der Waals surface area contributed by atoms with E-state index < -0.39 is 10.0 Å². The fraction of sp³-hybridized carbons (Fsp3) is 0.0769. The van der Waals surface area contributed by atoms with Crippen molar-refractivity contribution in [2.45, 2.75) is 12.1 Å². The number of para-hydroxylation sites is 1. The summed E-state index contributed by atoms with van der Waals surface area (Å²) in [6.45, 7) is 1.94. The molecule has 0 unspecified atom stereocenters. The van der Waals surface area contributed by atoms with Gasteiger partial charge in [-0.15, -0.1) is 10.2 Å². The molecule has 108 valence electrons. The molecule has 0 amide bonds. The number of benzene rings is 1. The Bertz CT molecular complexity index is 882. The Morgan fingerprint density at radius 1 is 1.14 bits per heavy atom. The minimum Gasteiger partial charge on any atom is -0.265 e. The highest BCUT2D eigenvalue weighted by Gasteiger charge is 2.24. The lowest BCUT2D eigenvalue weighted by Crippen LogP contribution is -2.18. The van der Waals surface area contributed by atoms with Crippen molar-refractivity contribution in [1.82, 2.24) is 14.8 Å². The van der Waals surface area contributed by atoms with E-state index in [1.807, 2.05) is 35.9 Å². The molecule has 0 aliphatic rings. The predicted molar refractivity (Wildman–Crippen MR) is 80.8 cm³/mol. The number of hydrogen-bond donors (Lipinski definition) is 1. The molecular weight excluding hydrogens is 308 g/mol. The van der Waals surface area contributed by atoms with Crippen LogP contribution in [0.5, 0.6) is 0 Å². The van der Waals surface area contributed by atoms with Gasteiger partial charge >= 0.3 is 0 Å². The molecule has 0 saturated carbocycles. The highest BCUT2D eigenvalue weighted by molar-refractivity contribution is 7.89. The van der Waals surface area contributed by atoms with Crippen LogP contribution in [0.3, 0.4) is 0 Å². The number of aromatic nitrogens is 3. The van der Waals surface area contributed by atoms with Gasteiger partial charge in [0.15, 0.2) is 5.82 Å². The molecule has 2 N–H and O–H groups in total. The van der Waals surface area contributed by atoms with Gasteiger partial charge in [-0.3, -0.25) is 4.57 Å². The Kier molecular flexibility index (Phi) is 3.36. The molecule has 0 aliphatic carbocycles. The summed E-state index contributed by atoms with van der Waals surface area (Å²) in [7, 11) is -3.97. The monoisotopic (exact) mass is 320 g/mol. The fourth-order valence-electron chi connectivity index (χ4n) is 2.03. The molecule has 8 heteroatoms. The zero-order valence-corrected chi connectivity index (χ0v) is 12.7. The van der Waals surface area contributed by atoms with E-state index in [1.165, 1.54) is 15.9 Å². The summed E-state index contributed by atoms with van der Waals surface area (Å²) in [5, 5.41) is 16.6. The molecule has 2 aromatic heterocycles. The largest absolute Gasteiger partial charge is 0.274 e. The van der Waals surface area contributed by atoms with E-state index in [0.717, 1.165) is 11.1 Å². The van der Waals surface area contributed by atoms with Crippen LogP contribution in [0, 0.1) is 6.92 Å². The summed E-state index contributed by atoms with van der Waals surface area (Å²) in [5.74, 6) is 0.462. The van der Waals surface area contributed by atoms with Gasteiger partial charge in [0.25, 0.3) is 15.2 Å². The number of sulfonamides is 1. The first-order chi connectivity index (χ1) is 9.98. The maximum Gasteiger partial charge on any atom is 0.274 e. The average molecular weight is 320 g/mol. The number of nitrogens with zero attached hydrogens (tertiary/aromatic N) is 3. The predicted octanol–water partition coefficient (Wildman–Crippen LogP) is 1.95. The Balaban J connectivity index is 2.33. The second-order valence-electron chi connectivity index (χ2n) is 4.49. The molecule has 3 rings (SSSR count). The highest BCUT2D eigenvalue weighted by Crippen LogP contribution is 2.29. The summed E-state index contributed by atoms with van der Waals surface area (Å²) in [6, 6.07) is 9.03. The first-order valence-corrected chi connectivity index (χ1v) is 8.54. The van der Waals surface area contributed by atoms with Gasteiger partial charge in [0, 0.05) is 16.6 Å². The van der Waals surface area contributed by atoms with E-state index in [2.05, 4.69) is 10.2 Å². The SMILES string of the molecule is Cc1cscc1-c1nnc(S(N)(=O)=O)n1-c1ccccc1. The van der Waals surface area contributed by atoms with Crippen LogP contribution in [0.2, 0.25) is 0 Å². The van der Waals surface area contributed by atoms with Crippen molar-refractivity contribution >= 4 is 21.4 Å². The average Bonchev–Trinajstić information content (AvgIpc) is 3.04. The molecule has 21 heavy (non-hydrogen) atoms. The number of hydrogen-bond acceptors (Lipinski definition) is 5. The maximum atomic E-state index is 11.8. The van der Waals surface area contributed by atoms with Crippen LogP contribution in [-0.4, -0.2) is 23.2 Å². The zero-order valence-electron chi connectivity index (χ0n) is 11.1. The van der Waals surface area contributed by atoms with Crippen molar-refractivity contribution in [2.75, 3.05) is 0 Å². The van der Waals surface area contributed by atoms with Crippen LogP contribution >= 0.6 is 11.3 Å². The van der Waals surface area contributed by atoms with E-state index in [9.17, 15) is 8.42 Å². The van der Waals surface area contributed by atoms with Gasteiger partial charge in [0.05, 0.1) is 0 Å². The first kappa shape index (κ1) is 13.9. The van der Waals surface area contributed by atoms with Crippen molar-refractivity contribution < 1.29 is 8.42 Å². The lowest BCUT2D eigenvalue weighted by atomic mass is 10.2. The molecular formula is C13H12N4O2S2. The van der Waals surface area contributed by atoms with E-state index in [4.69, 9.17) is 5.14 Å². The minimum absolute atomic E-state index is 0.269. The number of rotatable bonds is 3. The summed E-state index contributed by atoms with van der Waals surface area (Å²) >= 11 is 1.52. The molecule has 0 aliphatic heterocycles. The Morgan fingerprint density at radius 2 is 1.86 bits per heavy atom. The van der Waals surface area contributed by atoms with E-state index in [-0.39, 0.29) is 5.16 Å². The maximum absolute atomic E-state index is 11.8. The second-order valence-corrected chi connectivity index (χ2v) is 6.69. The minimum atomic E-state index is -3.97. The van der Waals surface area contributed by atoms with E-state index in [0.29, 0.717) is 11.5 Å². The molecule has 0 bridgehead atoms. The number of thiophene rings is 1. The van der Waals surface area contributed by atoms with Crippen LogP contribution < -0.4 is 5.14 Å². The quantitative estimate of drug-likeness (QED) is 0.798. The summed E-state index contributed by atoms with van der Waals surface area (Å²) in [5.41, 5.74) is 2.49. The van der Waals surface area contributed by atoms with E-state index in [1.54, 1.807) is 12.1 Å². The van der Waals surface area contributed by atoms with Crippen molar-refractivity contribution in [3.05, 3.63) is 46.7 Å². The Labute approximate surface area is 125 Å². The van der Waals surface area contributed by atoms with Crippen LogP contribution in [0.25, 0.3) is 17.1 Å². The molecule has 0 atom stereocenters. The third-order valence-corrected chi connectivity index (χ3v) is 4.63. The van der Waals surface area contributed by atoms with Gasteiger partial charge in [-0.25, -0.2) is 13.6 Å². The molecule has 6 nitrogen and oxygen atoms in total. The third-order valence-electron chi connectivity index (χ3n) is 3.00. The van der Waals surface area contributed by atoms with Gasteiger partial charge in [-0.2, -0.15) is 11.3 Å². The molecule has 3 aromatic rings. The van der Waals surface area contributed by atoms with Gasteiger partial charge < -0.3 is 0 Å². The van der Waals surface area contributed by atoms with E-state index >= 15 is 0 Å². The lowest BCUT2D eigenvalue weighted by molar-refractivity contribution is 0.585. The summed E-state index contributed by atoms with van der Waals surface area (Å²) in [6.07, 6.45) is 0. The Morgan fingerprint density at radius 3 is 2.43 bits per heavy atom. The third kappa shape index (κ3) is 2.48. The van der Waals surface area contributed by atoms with Crippen molar-refractivity contribution in [2.24, 2.45) is 5.14 Å². The molecule has 2 heterocycles. The summed E-state index contributed by atoms with van der Waals surface area (Å²) < 4.78 is 25.0. The standard InChI is InChI=1S/C13H12N4O2S2/c1-9-7-20-8-11(9)12-15-16-13(21(14,18)19)17(12)10-5-3-2-4-6-10/h2-8H,1H3,(H2,14,18,19). The second kappa shape index (κ2) is 5.06. The number of nitrogens with two attached hydrogens (primary N) is 1. The normalized spacial score (nSPS) is 11.7. The van der Waals surface area contributed by atoms with Crippen LogP contribution in [0.15, 0.2) is 46.2 Å². The van der Waals surface area contributed by atoms with Crippen LogP contribution in [0.4, 0.5) is 0 Å². The first-order valence-electron chi connectivity index (χ1n) is 6.05. The van der Waals surface area contributed by atoms with Gasteiger partial charge in [0.2, 0.25) is 0 Å². The Hall–Kier alpha value is -2.03. The van der Waals surface area contributed by atoms with Gasteiger partial charge in [-0.05, 0) is 30.0 Å². The molecule has 0 fully saturated rings. The molecule has 0 saturated heterocycles. The number of primary sulfonamides is 1. The highest BCUT2D eigenvalue weighted by atomic mass is 32.2. The molecule has 0 spiro atoms. The zero-order chi connectivity index (χ0) is 15.0. The van der Waals surface area contributed by atoms with Crippen LogP contribution in [-0.2, 0) is 10.0 Å². The summed E-state index contributed by atoms with van der Waals surface area (Å²) in [4.78, 5) is 0. The topological polar surface area (TPSA) is 90.9 Å². The van der Waals surface area contributed by atoms with Gasteiger partial charge in [-0.1, -0.05) is 18.2 Å². The lowest BCUT2D eigenvalue weighted by Gasteiger charge is -2.09. The van der Waals surface area contributed by atoms with Crippen molar-refractivity contribution in [3.8, 4) is 17.1 Å². The van der Waals surface area contributed by atoms with Crippen molar-refractivity contribution in [1.29, 1.82) is 0 Å². The van der Waals surface area contributed by atoms with Gasteiger partial charge in [0.1, 0.15) is 0 Å².